The molecule has 0 atom stereocenters. The molecule has 15 heavy (non-hydrogen) atoms. The van der Waals surface area contributed by atoms with E-state index in [0.717, 1.165) is 6.54 Å². The number of aromatic amines is 1. The molecule has 0 unspecified atom stereocenters. The lowest BCUT2D eigenvalue weighted by Crippen LogP contribution is -2.33. The van der Waals surface area contributed by atoms with E-state index in [1.165, 1.54) is 26.3 Å². The van der Waals surface area contributed by atoms with E-state index in [2.05, 4.69) is 47.7 Å². The average molecular weight is 217 g/mol. The smallest absolute Gasteiger partial charge is 0.249 e. The Balaban J connectivity index is 2.55. The summed E-state index contributed by atoms with van der Waals surface area (Å²) in [5.74, 6) is 0. The first-order chi connectivity index (χ1) is 7.31. The SMILES string of the molecule is CC[n+]1c(C)sc2[nH]c3ccccc3c21. The first-order valence-corrected chi connectivity index (χ1v) is 6.02. The molecular formula is C12H13N2S+. The molecule has 2 heterocycles. The molecule has 0 radical (unpaired) electrons. The van der Waals surface area contributed by atoms with Crippen molar-refractivity contribution >= 4 is 32.6 Å². The van der Waals surface area contributed by atoms with E-state index in [1.54, 1.807) is 0 Å². The van der Waals surface area contributed by atoms with Crippen molar-refractivity contribution in [2.45, 2.75) is 20.4 Å². The molecule has 1 N–H and O–H groups in total. The van der Waals surface area contributed by atoms with Crippen molar-refractivity contribution in [2.24, 2.45) is 0 Å². The minimum Gasteiger partial charge on any atom is -0.341 e. The zero-order chi connectivity index (χ0) is 10.4. The van der Waals surface area contributed by atoms with E-state index in [0.29, 0.717) is 0 Å². The summed E-state index contributed by atoms with van der Waals surface area (Å²) in [6.07, 6.45) is 0. The number of rotatable bonds is 1. The molecule has 3 aromatic rings. The number of aromatic nitrogens is 2. The zero-order valence-electron chi connectivity index (χ0n) is 8.87. The second-order valence-corrected chi connectivity index (χ2v) is 4.92. The molecule has 3 heteroatoms. The van der Waals surface area contributed by atoms with Crippen molar-refractivity contribution < 1.29 is 4.57 Å². The second kappa shape index (κ2) is 3.07. The van der Waals surface area contributed by atoms with Gasteiger partial charge in [0.25, 0.3) is 0 Å². The molecular weight excluding hydrogens is 204 g/mol. The van der Waals surface area contributed by atoms with Gasteiger partial charge in [0, 0.05) is 6.92 Å². The van der Waals surface area contributed by atoms with Crippen molar-refractivity contribution in [2.75, 3.05) is 0 Å². The van der Waals surface area contributed by atoms with Crippen molar-refractivity contribution in [3.8, 4) is 0 Å². The summed E-state index contributed by atoms with van der Waals surface area (Å²) in [6.45, 7) is 5.41. The normalized spacial score (nSPS) is 11.6. The Morgan fingerprint density at radius 3 is 2.93 bits per heavy atom. The Kier molecular flexibility index (Phi) is 1.83. The van der Waals surface area contributed by atoms with Crippen molar-refractivity contribution in [1.82, 2.24) is 4.98 Å². The fourth-order valence-electron chi connectivity index (χ4n) is 2.19. The highest BCUT2D eigenvalue weighted by atomic mass is 32.1. The largest absolute Gasteiger partial charge is 0.341 e. The number of para-hydroxylation sites is 1. The number of fused-ring (bicyclic) bond motifs is 3. The van der Waals surface area contributed by atoms with Crippen LogP contribution >= 0.6 is 11.3 Å². The second-order valence-electron chi connectivity index (χ2n) is 3.71. The van der Waals surface area contributed by atoms with Gasteiger partial charge in [-0.05, 0) is 30.4 Å². The predicted octanol–water partition coefficient (Wildman–Crippen LogP) is 3.00. The monoisotopic (exact) mass is 217 g/mol. The van der Waals surface area contributed by atoms with Gasteiger partial charge in [-0.3, -0.25) is 0 Å². The molecule has 2 nitrogen and oxygen atoms in total. The molecule has 0 fully saturated rings. The van der Waals surface area contributed by atoms with Crippen LogP contribution in [0.3, 0.4) is 0 Å². The topological polar surface area (TPSA) is 19.7 Å². The Bertz CT molecular complexity index is 633. The van der Waals surface area contributed by atoms with Crippen LogP contribution < -0.4 is 4.57 Å². The first-order valence-electron chi connectivity index (χ1n) is 5.21. The van der Waals surface area contributed by atoms with Crippen LogP contribution in [0.5, 0.6) is 0 Å². The highest BCUT2D eigenvalue weighted by Gasteiger charge is 2.20. The summed E-state index contributed by atoms with van der Waals surface area (Å²) in [6, 6.07) is 8.50. The minimum absolute atomic E-state index is 1.04. The van der Waals surface area contributed by atoms with Gasteiger partial charge in [-0.2, -0.15) is 4.57 Å². The van der Waals surface area contributed by atoms with Crippen molar-refractivity contribution in [3.05, 3.63) is 29.3 Å². The van der Waals surface area contributed by atoms with Crippen LogP contribution in [0.4, 0.5) is 0 Å². The van der Waals surface area contributed by atoms with Crippen LogP contribution in [0.15, 0.2) is 24.3 Å². The molecule has 0 aliphatic rings. The summed E-state index contributed by atoms with van der Waals surface area (Å²) in [5, 5.41) is 2.70. The van der Waals surface area contributed by atoms with Gasteiger partial charge in [0.05, 0.1) is 10.9 Å². The summed E-state index contributed by atoms with van der Waals surface area (Å²) in [5.41, 5.74) is 2.59. The number of H-pyrrole nitrogens is 1. The summed E-state index contributed by atoms with van der Waals surface area (Å²) in [4.78, 5) is 4.76. The lowest BCUT2D eigenvalue weighted by molar-refractivity contribution is -0.668. The lowest BCUT2D eigenvalue weighted by atomic mass is 10.2. The van der Waals surface area contributed by atoms with E-state index in [-0.39, 0.29) is 0 Å². The van der Waals surface area contributed by atoms with Crippen molar-refractivity contribution in [1.29, 1.82) is 0 Å². The summed E-state index contributed by atoms with van der Waals surface area (Å²) in [7, 11) is 0. The van der Waals surface area contributed by atoms with Gasteiger partial charge < -0.3 is 4.98 Å². The van der Waals surface area contributed by atoms with Gasteiger partial charge in [-0.1, -0.05) is 12.1 Å². The van der Waals surface area contributed by atoms with Gasteiger partial charge in [0.1, 0.15) is 6.54 Å². The van der Waals surface area contributed by atoms with Crippen LogP contribution in [0.25, 0.3) is 21.3 Å². The van der Waals surface area contributed by atoms with Gasteiger partial charge in [0.15, 0.2) is 4.83 Å². The maximum atomic E-state index is 3.47. The Morgan fingerprint density at radius 1 is 1.33 bits per heavy atom. The number of nitrogens with one attached hydrogen (secondary N) is 1. The predicted molar refractivity (Wildman–Crippen MR) is 64.3 cm³/mol. The molecule has 76 valence electrons. The summed E-state index contributed by atoms with van der Waals surface area (Å²) < 4.78 is 2.37. The van der Waals surface area contributed by atoms with Crippen LogP contribution in [0, 0.1) is 6.92 Å². The Labute approximate surface area is 92.2 Å². The third-order valence-corrected chi connectivity index (χ3v) is 3.88. The van der Waals surface area contributed by atoms with Crippen LogP contribution in [-0.2, 0) is 6.54 Å². The number of hydrogen-bond donors (Lipinski definition) is 1. The quantitative estimate of drug-likeness (QED) is 0.605. The zero-order valence-corrected chi connectivity index (χ0v) is 9.69. The average Bonchev–Trinajstić information content (AvgIpc) is 2.72. The van der Waals surface area contributed by atoms with E-state index in [9.17, 15) is 0 Å². The lowest BCUT2D eigenvalue weighted by Gasteiger charge is -1.90. The van der Waals surface area contributed by atoms with E-state index < -0.39 is 0 Å². The number of benzene rings is 1. The fourth-order valence-corrected chi connectivity index (χ4v) is 3.29. The van der Waals surface area contributed by atoms with Crippen LogP contribution in [0.1, 0.15) is 11.9 Å². The molecule has 0 saturated carbocycles. The van der Waals surface area contributed by atoms with E-state index in [1.807, 2.05) is 11.3 Å². The first kappa shape index (κ1) is 8.92. The molecule has 0 spiro atoms. The maximum absolute atomic E-state index is 3.47. The fraction of sp³-hybridized carbons (Fsp3) is 0.250. The molecule has 0 saturated heterocycles. The Morgan fingerprint density at radius 2 is 2.13 bits per heavy atom. The molecule has 1 aromatic carbocycles. The molecule has 0 amide bonds. The van der Waals surface area contributed by atoms with E-state index in [4.69, 9.17) is 0 Å². The number of hydrogen-bond acceptors (Lipinski definition) is 1. The Hall–Kier alpha value is -1.35. The number of nitrogens with zero attached hydrogens (tertiary/aromatic N) is 1. The third kappa shape index (κ3) is 1.13. The minimum atomic E-state index is 1.04. The molecule has 3 rings (SSSR count). The standard InChI is InChI=1S/C12H13N2S/c1-3-14-8(2)15-12-11(14)9-6-4-5-7-10(9)13-12/h4-7,13H,3H2,1-2H3/q+1. The van der Waals surface area contributed by atoms with Gasteiger partial charge in [0.2, 0.25) is 10.5 Å². The van der Waals surface area contributed by atoms with E-state index >= 15 is 0 Å². The molecule has 0 aliphatic heterocycles. The van der Waals surface area contributed by atoms with Crippen molar-refractivity contribution in [3.63, 3.8) is 0 Å². The third-order valence-electron chi connectivity index (χ3n) is 2.86. The molecule has 0 aliphatic carbocycles. The molecule has 2 aromatic heterocycles. The van der Waals surface area contributed by atoms with Crippen LogP contribution in [0.2, 0.25) is 0 Å². The number of thiazole rings is 1. The maximum Gasteiger partial charge on any atom is 0.249 e. The van der Waals surface area contributed by atoms with Gasteiger partial charge >= 0.3 is 0 Å². The van der Waals surface area contributed by atoms with Crippen LogP contribution in [-0.4, -0.2) is 4.98 Å². The van der Waals surface area contributed by atoms with Gasteiger partial charge in [-0.15, -0.1) is 0 Å². The highest BCUT2D eigenvalue weighted by Crippen LogP contribution is 2.27. The summed E-state index contributed by atoms with van der Waals surface area (Å²) >= 11 is 1.84. The number of aryl methyl sites for hydroxylation is 2. The highest BCUT2D eigenvalue weighted by molar-refractivity contribution is 7.17. The van der Waals surface area contributed by atoms with Gasteiger partial charge in [-0.25, -0.2) is 0 Å². The molecule has 0 bridgehead atoms.